The Morgan fingerprint density at radius 2 is 1.91 bits per heavy atom. The van der Waals surface area contributed by atoms with Gasteiger partial charge in [-0.25, -0.2) is 0 Å². The van der Waals surface area contributed by atoms with Crippen LogP contribution in [0, 0.1) is 6.92 Å². The van der Waals surface area contributed by atoms with Crippen molar-refractivity contribution >= 4 is 28.6 Å². The van der Waals surface area contributed by atoms with E-state index in [2.05, 4.69) is 36.5 Å². The fourth-order valence-electron chi connectivity index (χ4n) is 2.49. The van der Waals surface area contributed by atoms with Crippen LogP contribution >= 0.6 is 22.9 Å². The van der Waals surface area contributed by atoms with E-state index in [1.165, 1.54) is 11.1 Å². The molecule has 0 saturated carbocycles. The van der Waals surface area contributed by atoms with E-state index in [-0.39, 0.29) is 0 Å². The molecule has 0 fully saturated rings. The van der Waals surface area contributed by atoms with Gasteiger partial charge in [0, 0.05) is 23.2 Å². The van der Waals surface area contributed by atoms with Crippen LogP contribution in [0.15, 0.2) is 54.6 Å². The van der Waals surface area contributed by atoms with Gasteiger partial charge in [0.15, 0.2) is 0 Å². The van der Waals surface area contributed by atoms with Gasteiger partial charge in [-0.15, -0.1) is 11.3 Å². The molecule has 0 unspecified atom stereocenters. The standard InChI is InChI=1S/C19H18ClNOS/c1-13-5-3-8-17(21-2)16(13)12-22-15-7-4-6-14(11-15)18-9-10-19(20)23-18/h3-11,21H,12H2,1-2H3. The highest BCUT2D eigenvalue weighted by atomic mass is 35.5. The quantitative estimate of drug-likeness (QED) is 0.613. The SMILES string of the molecule is CNc1cccc(C)c1COc1cccc(-c2ccc(Cl)s2)c1. The van der Waals surface area contributed by atoms with Crippen LogP contribution < -0.4 is 10.1 Å². The molecular formula is C19H18ClNOS. The highest BCUT2D eigenvalue weighted by molar-refractivity contribution is 7.19. The summed E-state index contributed by atoms with van der Waals surface area (Å²) in [5, 5.41) is 3.22. The van der Waals surface area contributed by atoms with Crippen molar-refractivity contribution in [1.82, 2.24) is 0 Å². The average Bonchev–Trinajstić information content (AvgIpc) is 3.00. The normalized spacial score (nSPS) is 10.6. The Hall–Kier alpha value is -1.97. The van der Waals surface area contributed by atoms with E-state index in [0.29, 0.717) is 6.61 Å². The monoisotopic (exact) mass is 343 g/mol. The first-order chi connectivity index (χ1) is 11.2. The summed E-state index contributed by atoms with van der Waals surface area (Å²) in [6.07, 6.45) is 0. The zero-order valence-corrected chi connectivity index (χ0v) is 14.7. The van der Waals surface area contributed by atoms with Crippen LogP contribution in [0.25, 0.3) is 10.4 Å². The third-order valence-corrected chi connectivity index (χ3v) is 5.03. The van der Waals surface area contributed by atoms with Crippen LogP contribution in [0.4, 0.5) is 5.69 Å². The number of nitrogens with one attached hydrogen (secondary N) is 1. The molecule has 2 nitrogen and oxygen atoms in total. The molecule has 1 N–H and O–H groups in total. The third-order valence-electron chi connectivity index (χ3n) is 3.75. The maximum Gasteiger partial charge on any atom is 0.120 e. The fourth-order valence-corrected chi connectivity index (χ4v) is 3.53. The summed E-state index contributed by atoms with van der Waals surface area (Å²) >= 11 is 7.59. The second-order valence-electron chi connectivity index (χ2n) is 5.27. The number of halogens is 1. The lowest BCUT2D eigenvalue weighted by Crippen LogP contribution is -2.03. The van der Waals surface area contributed by atoms with Gasteiger partial charge in [-0.2, -0.15) is 0 Å². The zero-order chi connectivity index (χ0) is 16.2. The van der Waals surface area contributed by atoms with Gasteiger partial charge in [0.05, 0.1) is 4.34 Å². The summed E-state index contributed by atoms with van der Waals surface area (Å²) in [6.45, 7) is 2.64. The molecule has 0 aliphatic carbocycles. The molecule has 0 saturated heterocycles. The van der Waals surface area contributed by atoms with E-state index < -0.39 is 0 Å². The van der Waals surface area contributed by atoms with Crippen LogP contribution in [0.3, 0.4) is 0 Å². The summed E-state index contributed by atoms with van der Waals surface area (Å²) in [5.41, 5.74) is 4.63. The molecule has 0 aliphatic rings. The molecule has 3 rings (SSSR count). The molecule has 3 aromatic rings. The van der Waals surface area contributed by atoms with E-state index in [1.807, 2.05) is 37.4 Å². The number of anilines is 1. The molecule has 0 amide bonds. The summed E-state index contributed by atoms with van der Waals surface area (Å²) in [5.74, 6) is 0.859. The predicted octanol–water partition coefficient (Wildman–Crippen LogP) is 6.00. The Labute approximate surface area is 145 Å². The molecule has 0 aliphatic heterocycles. The Morgan fingerprint density at radius 3 is 2.65 bits per heavy atom. The van der Waals surface area contributed by atoms with Gasteiger partial charge in [-0.3, -0.25) is 0 Å². The van der Waals surface area contributed by atoms with Crippen molar-refractivity contribution in [3.05, 3.63) is 70.1 Å². The summed E-state index contributed by atoms with van der Waals surface area (Å²) in [6, 6.07) is 18.3. The first kappa shape index (κ1) is 15.9. The second kappa shape index (κ2) is 7.07. The topological polar surface area (TPSA) is 21.3 Å². The Morgan fingerprint density at radius 1 is 1.09 bits per heavy atom. The van der Waals surface area contributed by atoms with Crippen molar-refractivity contribution in [2.45, 2.75) is 13.5 Å². The Bertz CT molecular complexity index is 813. The molecule has 0 atom stereocenters. The van der Waals surface area contributed by atoms with Gasteiger partial charge in [0.25, 0.3) is 0 Å². The summed E-state index contributed by atoms with van der Waals surface area (Å²) in [7, 11) is 1.93. The molecule has 23 heavy (non-hydrogen) atoms. The van der Waals surface area contributed by atoms with Crippen molar-refractivity contribution in [2.75, 3.05) is 12.4 Å². The van der Waals surface area contributed by atoms with Crippen LogP contribution in [-0.2, 0) is 6.61 Å². The number of aryl methyl sites for hydroxylation is 1. The number of hydrogen-bond donors (Lipinski definition) is 1. The van der Waals surface area contributed by atoms with Crippen LogP contribution in [0.2, 0.25) is 4.34 Å². The molecule has 118 valence electrons. The van der Waals surface area contributed by atoms with Crippen LogP contribution in [0.5, 0.6) is 5.75 Å². The molecule has 2 aromatic carbocycles. The number of hydrogen-bond acceptors (Lipinski definition) is 3. The maximum atomic E-state index is 6.02. The van der Waals surface area contributed by atoms with Crippen molar-refractivity contribution in [2.24, 2.45) is 0 Å². The molecule has 1 aromatic heterocycles. The van der Waals surface area contributed by atoms with E-state index >= 15 is 0 Å². The van der Waals surface area contributed by atoms with Gasteiger partial charge in [0.2, 0.25) is 0 Å². The van der Waals surface area contributed by atoms with Crippen molar-refractivity contribution in [1.29, 1.82) is 0 Å². The summed E-state index contributed by atoms with van der Waals surface area (Å²) < 4.78 is 6.81. The van der Waals surface area contributed by atoms with Crippen molar-refractivity contribution in [3.8, 4) is 16.2 Å². The lowest BCUT2D eigenvalue weighted by molar-refractivity contribution is 0.306. The highest BCUT2D eigenvalue weighted by Gasteiger charge is 2.07. The molecule has 0 radical (unpaired) electrons. The van der Waals surface area contributed by atoms with Crippen LogP contribution in [0.1, 0.15) is 11.1 Å². The number of rotatable bonds is 5. The van der Waals surface area contributed by atoms with Crippen LogP contribution in [-0.4, -0.2) is 7.05 Å². The zero-order valence-electron chi connectivity index (χ0n) is 13.1. The molecule has 0 spiro atoms. The van der Waals surface area contributed by atoms with E-state index in [4.69, 9.17) is 16.3 Å². The Balaban J connectivity index is 1.79. The largest absolute Gasteiger partial charge is 0.489 e. The lowest BCUT2D eigenvalue weighted by Gasteiger charge is -2.14. The van der Waals surface area contributed by atoms with Crippen molar-refractivity contribution in [3.63, 3.8) is 0 Å². The smallest absolute Gasteiger partial charge is 0.120 e. The van der Waals surface area contributed by atoms with Gasteiger partial charge in [-0.1, -0.05) is 35.9 Å². The van der Waals surface area contributed by atoms with Gasteiger partial charge < -0.3 is 10.1 Å². The molecule has 0 bridgehead atoms. The van der Waals surface area contributed by atoms with Gasteiger partial charge in [-0.05, 0) is 48.4 Å². The number of ether oxygens (including phenoxy) is 1. The first-order valence-corrected chi connectivity index (χ1v) is 8.61. The fraction of sp³-hybridized carbons (Fsp3) is 0.158. The third kappa shape index (κ3) is 3.69. The Kier molecular flexibility index (Phi) is 4.89. The first-order valence-electron chi connectivity index (χ1n) is 7.42. The minimum atomic E-state index is 0.539. The highest BCUT2D eigenvalue weighted by Crippen LogP contribution is 2.33. The minimum absolute atomic E-state index is 0.539. The van der Waals surface area contributed by atoms with Crippen molar-refractivity contribution < 1.29 is 4.74 Å². The van der Waals surface area contributed by atoms with E-state index in [0.717, 1.165) is 26.2 Å². The molecule has 1 heterocycles. The lowest BCUT2D eigenvalue weighted by atomic mass is 10.1. The van der Waals surface area contributed by atoms with E-state index in [9.17, 15) is 0 Å². The van der Waals surface area contributed by atoms with Gasteiger partial charge in [0.1, 0.15) is 12.4 Å². The minimum Gasteiger partial charge on any atom is -0.489 e. The average molecular weight is 344 g/mol. The number of benzene rings is 2. The van der Waals surface area contributed by atoms with Gasteiger partial charge >= 0.3 is 0 Å². The number of thiophene rings is 1. The predicted molar refractivity (Wildman–Crippen MR) is 99.8 cm³/mol. The van der Waals surface area contributed by atoms with E-state index in [1.54, 1.807) is 11.3 Å². The second-order valence-corrected chi connectivity index (χ2v) is 6.99. The summed E-state index contributed by atoms with van der Waals surface area (Å²) in [4.78, 5) is 1.15. The molecule has 4 heteroatoms. The maximum absolute atomic E-state index is 6.02. The molecular weight excluding hydrogens is 326 g/mol.